The van der Waals surface area contributed by atoms with Gasteiger partial charge in [-0.2, -0.15) is 0 Å². The molecule has 0 radical (unpaired) electrons. The van der Waals surface area contributed by atoms with Gasteiger partial charge in [0, 0.05) is 41.8 Å². The Morgan fingerprint density at radius 3 is 2.26 bits per heavy atom. The van der Waals surface area contributed by atoms with Crippen LogP contribution >= 0.6 is 15.9 Å². The Kier molecular flexibility index (Phi) is 7.64. The minimum absolute atomic E-state index is 0.245. The Bertz CT molecular complexity index is 968. The maximum Gasteiger partial charge on any atom is 0.263 e. The van der Waals surface area contributed by atoms with E-state index in [9.17, 15) is 14.4 Å². The van der Waals surface area contributed by atoms with Crippen molar-refractivity contribution < 1.29 is 19.1 Å². The molecular weight excluding hydrogens is 464 g/mol. The number of nitrogens with zero attached hydrogens (tertiary/aromatic N) is 2. The number of amides is 3. The molecule has 0 spiro atoms. The highest BCUT2D eigenvalue weighted by molar-refractivity contribution is 9.10. The van der Waals surface area contributed by atoms with Crippen LogP contribution in [0.2, 0.25) is 0 Å². The molecule has 3 rings (SSSR count). The smallest absolute Gasteiger partial charge is 0.263 e. The molecule has 164 valence electrons. The first-order chi connectivity index (χ1) is 15.0. The summed E-state index contributed by atoms with van der Waals surface area (Å²) < 4.78 is 5.97. The Morgan fingerprint density at radius 1 is 1.06 bits per heavy atom. The van der Waals surface area contributed by atoms with Crippen molar-refractivity contribution in [2.24, 2.45) is 5.73 Å². The van der Waals surface area contributed by atoms with Crippen molar-refractivity contribution in [1.82, 2.24) is 15.1 Å². The zero-order chi connectivity index (χ0) is 22.4. The molecule has 9 heteroatoms. The van der Waals surface area contributed by atoms with Crippen LogP contribution in [-0.2, 0) is 4.79 Å². The molecule has 3 N–H and O–H groups in total. The molecule has 1 aliphatic rings. The van der Waals surface area contributed by atoms with Gasteiger partial charge in [0.25, 0.3) is 17.7 Å². The monoisotopic (exact) mass is 488 g/mol. The summed E-state index contributed by atoms with van der Waals surface area (Å²) in [6.07, 6.45) is -0.527. The van der Waals surface area contributed by atoms with Gasteiger partial charge in [-0.25, -0.2) is 0 Å². The lowest BCUT2D eigenvalue weighted by Crippen LogP contribution is -2.63. The van der Waals surface area contributed by atoms with Crippen LogP contribution < -0.4 is 15.8 Å². The van der Waals surface area contributed by atoms with E-state index in [1.165, 1.54) is 16.9 Å². The number of halogens is 1. The van der Waals surface area contributed by atoms with Gasteiger partial charge < -0.3 is 25.6 Å². The Labute approximate surface area is 189 Å². The number of carbonyl (C=O) groups excluding carboxylic acids is 3. The summed E-state index contributed by atoms with van der Waals surface area (Å²) in [5.41, 5.74) is 6.35. The van der Waals surface area contributed by atoms with Crippen LogP contribution in [0.15, 0.2) is 53.0 Å². The van der Waals surface area contributed by atoms with Gasteiger partial charge in [0.05, 0.1) is 7.11 Å². The van der Waals surface area contributed by atoms with E-state index < -0.39 is 12.1 Å². The lowest BCUT2D eigenvalue weighted by molar-refractivity contribution is -0.132. The van der Waals surface area contributed by atoms with E-state index in [4.69, 9.17) is 10.5 Å². The number of nitrogens with two attached hydrogens (primary N) is 1. The van der Waals surface area contributed by atoms with Gasteiger partial charge in [-0.15, -0.1) is 0 Å². The van der Waals surface area contributed by atoms with Crippen LogP contribution in [0.25, 0.3) is 0 Å². The maximum absolute atomic E-state index is 13.3. The fourth-order valence-electron chi connectivity index (χ4n) is 3.53. The second kappa shape index (κ2) is 10.4. The zero-order valence-electron chi connectivity index (χ0n) is 17.2. The van der Waals surface area contributed by atoms with Crippen LogP contribution in [0.3, 0.4) is 0 Å². The number of rotatable bonds is 6. The summed E-state index contributed by atoms with van der Waals surface area (Å²) in [6, 6.07) is 13.7. The van der Waals surface area contributed by atoms with Crippen LogP contribution in [0.5, 0.6) is 5.75 Å². The molecule has 0 aromatic heterocycles. The third-order valence-electron chi connectivity index (χ3n) is 4.98. The predicted octanol–water partition coefficient (Wildman–Crippen LogP) is 1.85. The summed E-state index contributed by atoms with van der Waals surface area (Å²) >= 11 is 3.37. The van der Waals surface area contributed by atoms with Crippen molar-refractivity contribution in [3.8, 4) is 5.75 Å². The van der Waals surface area contributed by atoms with Crippen LogP contribution in [0, 0.1) is 0 Å². The van der Waals surface area contributed by atoms with Crippen molar-refractivity contribution in [3.05, 3.63) is 64.1 Å². The van der Waals surface area contributed by atoms with Gasteiger partial charge in [0.2, 0.25) is 0 Å². The summed E-state index contributed by atoms with van der Waals surface area (Å²) in [4.78, 5) is 42.5. The molecular formula is C22H25BrN4O4. The fourth-order valence-corrected chi connectivity index (χ4v) is 3.93. The lowest BCUT2D eigenvalue weighted by Gasteiger charge is -2.42. The number of benzene rings is 2. The van der Waals surface area contributed by atoms with E-state index in [-0.39, 0.29) is 24.9 Å². The Balaban J connectivity index is 1.96. The Hall–Kier alpha value is -2.91. The third kappa shape index (κ3) is 5.23. The molecule has 1 fully saturated rings. The topological polar surface area (TPSA) is 105 Å². The molecule has 0 aliphatic carbocycles. The van der Waals surface area contributed by atoms with Crippen molar-refractivity contribution in [2.75, 3.05) is 33.3 Å². The molecule has 1 heterocycles. The molecule has 1 atom stereocenters. The van der Waals surface area contributed by atoms with Crippen molar-refractivity contribution in [1.29, 1.82) is 0 Å². The van der Waals surface area contributed by atoms with Crippen molar-refractivity contribution in [3.63, 3.8) is 0 Å². The summed E-state index contributed by atoms with van der Waals surface area (Å²) in [7, 11) is 1.52. The number of ether oxygens (including phenoxy) is 1. The lowest BCUT2D eigenvalue weighted by atomic mass is 10.1. The van der Waals surface area contributed by atoms with E-state index in [1.54, 1.807) is 42.5 Å². The molecule has 3 amide bonds. The molecule has 1 aliphatic heterocycles. The molecule has 1 saturated heterocycles. The van der Waals surface area contributed by atoms with Gasteiger partial charge in [0.15, 0.2) is 6.17 Å². The molecule has 0 bridgehead atoms. The molecule has 31 heavy (non-hydrogen) atoms. The highest BCUT2D eigenvalue weighted by atomic mass is 79.9. The van der Waals surface area contributed by atoms with E-state index in [0.717, 1.165) is 4.47 Å². The van der Waals surface area contributed by atoms with E-state index >= 15 is 0 Å². The van der Waals surface area contributed by atoms with E-state index in [0.29, 0.717) is 36.4 Å². The molecule has 2 aromatic carbocycles. The van der Waals surface area contributed by atoms with Crippen LogP contribution in [-0.4, -0.2) is 67.0 Å². The Morgan fingerprint density at radius 2 is 1.68 bits per heavy atom. The molecule has 8 nitrogen and oxygen atoms in total. The van der Waals surface area contributed by atoms with E-state index in [2.05, 4.69) is 21.2 Å². The fraction of sp³-hybridized carbons (Fsp3) is 0.318. The first-order valence-electron chi connectivity index (χ1n) is 9.95. The number of carbonyl (C=O) groups is 3. The normalized spacial score (nSPS) is 16.0. The highest BCUT2D eigenvalue weighted by Crippen LogP contribution is 2.23. The van der Waals surface area contributed by atoms with Gasteiger partial charge >= 0.3 is 0 Å². The number of hydrogen-bond donors (Lipinski definition) is 2. The second-order valence-electron chi connectivity index (χ2n) is 7.05. The van der Waals surface area contributed by atoms with Crippen LogP contribution in [0.4, 0.5) is 0 Å². The highest BCUT2D eigenvalue weighted by Gasteiger charge is 2.40. The number of methoxy groups -OCH3 is 1. The minimum Gasteiger partial charge on any atom is -0.497 e. The van der Waals surface area contributed by atoms with Gasteiger partial charge in [-0.1, -0.05) is 28.1 Å². The first-order valence-corrected chi connectivity index (χ1v) is 10.7. The second-order valence-corrected chi connectivity index (χ2v) is 7.96. The van der Waals surface area contributed by atoms with Gasteiger partial charge in [0.1, 0.15) is 5.75 Å². The maximum atomic E-state index is 13.3. The van der Waals surface area contributed by atoms with E-state index in [1.807, 2.05) is 6.07 Å². The molecule has 0 saturated carbocycles. The SMILES string of the molecule is COc1cccc(C(=O)N2CCCN(C(=O)c3cccc(Br)c3)C2C(=O)NCCN)c1. The third-order valence-corrected chi connectivity index (χ3v) is 5.47. The summed E-state index contributed by atoms with van der Waals surface area (Å²) in [5.74, 6) is -0.574. The largest absolute Gasteiger partial charge is 0.497 e. The first kappa shape index (κ1) is 22.8. The zero-order valence-corrected chi connectivity index (χ0v) is 18.8. The summed E-state index contributed by atoms with van der Waals surface area (Å²) in [5, 5.41) is 2.72. The quantitative estimate of drug-likeness (QED) is 0.645. The number of nitrogens with one attached hydrogen (secondary N) is 1. The number of hydrogen-bond acceptors (Lipinski definition) is 5. The average Bonchev–Trinajstić information content (AvgIpc) is 2.81. The van der Waals surface area contributed by atoms with Crippen molar-refractivity contribution in [2.45, 2.75) is 12.6 Å². The standard InChI is InChI=1S/C22H25BrN4O4/c1-31-18-8-3-6-16(14-18)22(30)27-12-4-11-26(20(27)19(28)25-10-9-24)21(29)15-5-2-7-17(23)13-15/h2-3,5-8,13-14,20H,4,9-12,24H2,1H3,(H,25,28). The van der Waals surface area contributed by atoms with Gasteiger partial charge in [-0.3, -0.25) is 14.4 Å². The minimum atomic E-state index is -1.08. The average molecular weight is 489 g/mol. The van der Waals surface area contributed by atoms with Gasteiger partial charge in [-0.05, 0) is 42.8 Å². The molecule has 2 aromatic rings. The summed E-state index contributed by atoms with van der Waals surface area (Å²) in [6.45, 7) is 1.20. The van der Waals surface area contributed by atoms with Crippen LogP contribution in [0.1, 0.15) is 27.1 Å². The predicted molar refractivity (Wildman–Crippen MR) is 120 cm³/mol. The van der Waals surface area contributed by atoms with Crippen molar-refractivity contribution >= 4 is 33.7 Å². The molecule has 1 unspecified atom stereocenters.